The molecule has 1 aliphatic rings. The SMILES string of the molecule is COc1ccccc1C1CC1C(=O)c1ccc(C(C)C)cc1. The maximum absolute atomic E-state index is 12.6. The molecular weight excluding hydrogens is 272 g/mol. The molecule has 0 aliphatic heterocycles. The largest absolute Gasteiger partial charge is 0.496 e. The van der Waals surface area contributed by atoms with Gasteiger partial charge in [-0.2, -0.15) is 0 Å². The number of Topliss-reactive ketones (excluding diaryl/α,β-unsaturated/α-hetero) is 1. The first-order valence-electron chi connectivity index (χ1n) is 7.89. The highest BCUT2D eigenvalue weighted by molar-refractivity contribution is 6.00. The van der Waals surface area contributed by atoms with Gasteiger partial charge in [0.15, 0.2) is 5.78 Å². The maximum Gasteiger partial charge on any atom is 0.166 e. The first-order valence-corrected chi connectivity index (χ1v) is 7.89. The van der Waals surface area contributed by atoms with Crippen LogP contribution in [0.2, 0.25) is 0 Å². The van der Waals surface area contributed by atoms with E-state index in [2.05, 4.69) is 32.0 Å². The molecule has 0 aromatic heterocycles. The first kappa shape index (κ1) is 14.8. The van der Waals surface area contributed by atoms with E-state index in [1.807, 2.05) is 30.3 Å². The number of ketones is 1. The van der Waals surface area contributed by atoms with Crippen LogP contribution in [0.25, 0.3) is 0 Å². The molecule has 2 aromatic carbocycles. The van der Waals surface area contributed by atoms with E-state index in [1.165, 1.54) is 5.56 Å². The maximum atomic E-state index is 12.6. The first-order chi connectivity index (χ1) is 10.6. The van der Waals surface area contributed by atoms with E-state index in [0.717, 1.165) is 23.3 Å². The lowest BCUT2D eigenvalue weighted by atomic mass is 9.98. The van der Waals surface area contributed by atoms with Crippen LogP contribution in [0, 0.1) is 5.92 Å². The van der Waals surface area contributed by atoms with E-state index in [1.54, 1.807) is 7.11 Å². The highest BCUT2D eigenvalue weighted by Crippen LogP contribution is 2.51. The molecule has 0 radical (unpaired) electrons. The van der Waals surface area contributed by atoms with Crippen LogP contribution in [-0.2, 0) is 0 Å². The Balaban J connectivity index is 1.75. The van der Waals surface area contributed by atoms with Crippen LogP contribution in [0.5, 0.6) is 5.75 Å². The molecule has 114 valence electrons. The Labute approximate surface area is 132 Å². The molecule has 2 heteroatoms. The fraction of sp³-hybridized carbons (Fsp3) is 0.350. The van der Waals surface area contributed by atoms with Gasteiger partial charge in [0.1, 0.15) is 5.75 Å². The average molecular weight is 294 g/mol. The molecule has 22 heavy (non-hydrogen) atoms. The van der Waals surface area contributed by atoms with Crippen molar-refractivity contribution >= 4 is 5.78 Å². The Morgan fingerprint density at radius 2 is 1.77 bits per heavy atom. The van der Waals surface area contributed by atoms with Gasteiger partial charge in [-0.3, -0.25) is 4.79 Å². The average Bonchev–Trinajstić information content (AvgIpc) is 3.34. The number of rotatable bonds is 5. The normalized spacial score (nSPS) is 20.0. The van der Waals surface area contributed by atoms with Gasteiger partial charge >= 0.3 is 0 Å². The topological polar surface area (TPSA) is 26.3 Å². The highest BCUT2D eigenvalue weighted by Gasteiger charge is 2.45. The number of ether oxygens (including phenoxy) is 1. The van der Waals surface area contributed by atoms with Crippen LogP contribution in [0.4, 0.5) is 0 Å². The second-order valence-electron chi connectivity index (χ2n) is 6.33. The second-order valence-corrected chi connectivity index (χ2v) is 6.33. The third-order valence-electron chi connectivity index (χ3n) is 4.53. The number of carbonyl (C=O) groups is 1. The minimum absolute atomic E-state index is 0.0983. The monoisotopic (exact) mass is 294 g/mol. The van der Waals surface area contributed by atoms with Gasteiger partial charge in [0.05, 0.1) is 7.11 Å². The van der Waals surface area contributed by atoms with Crippen molar-refractivity contribution < 1.29 is 9.53 Å². The molecule has 3 rings (SSSR count). The Bertz CT molecular complexity index is 670. The summed E-state index contributed by atoms with van der Waals surface area (Å²) in [4.78, 5) is 12.6. The van der Waals surface area contributed by atoms with E-state index >= 15 is 0 Å². The summed E-state index contributed by atoms with van der Waals surface area (Å²) in [5, 5.41) is 0. The van der Waals surface area contributed by atoms with Crippen molar-refractivity contribution in [3.63, 3.8) is 0 Å². The van der Waals surface area contributed by atoms with Gasteiger partial charge in [0.2, 0.25) is 0 Å². The van der Waals surface area contributed by atoms with Crippen LogP contribution in [0.3, 0.4) is 0 Å². The summed E-state index contributed by atoms with van der Waals surface area (Å²) < 4.78 is 5.41. The van der Waals surface area contributed by atoms with Crippen molar-refractivity contribution in [2.75, 3.05) is 7.11 Å². The number of para-hydroxylation sites is 1. The van der Waals surface area contributed by atoms with Crippen LogP contribution >= 0.6 is 0 Å². The summed E-state index contributed by atoms with van der Waals surface area (Å²) in [5.41, 5.74) is 3.25. The van der Waals surface area contributed by atoms with Gasteiger partial charge in [-0.15, -0.1) is 0 Å². The summed E-state index contributed by atoms with van der Waals surface area (Å²) in [7, 11) is 1.68. The minimum Gasteiger partial charge on any atom is -0.496 e. The second kappa shape index (κ2) is 5.96. The molecule has 2 unspecified atom stereocenters. The fourth-order valence-corrected chi connectivity index (χ4v) is 3.05. The van der Waals surface area contributed by atoms with Crippen molar-refractivity contribution in [1.29, 1.82) is 0 Å². The van der Waals surface area contributed by atoms with Crippen molar-refractivity contribution in [3.8, 4) is 5.75 Å². The Morgan fingerprint density at radius 1 is 1.09 bits per heavy atom. The minimum atomic E-state index is 0.0983. The molecule has 1 aliphatic carbocycles. The molecule has 1 fully saturated rings. The zero-order valence-corrected chi connectivity index (χ0v) is 13.4. The lowest BCUT2D eigenvalue weighted by molar-refractivity contribution is 0.0965. The molecule has 2 nitrogen and oxygen atoms in total. The molecule has 0 bridgehead atoms. The zero-order valence-electron chi connectivity index (χ0n) is 13.4. The molecule has 2 aromatic rings. The number of benzene rings is 2. The van der Waals surface area contributed by atoms with Crippen molar-refractivity contribution in [3.05, 3.63) is 65.2 Å². The van der Waals surface area contributed by atoms with E-state index in [4.69, 9.17) is 4.74 Å². The zero-order chi connectivity index (χ0) is 15.7. The fourth-order valence-electron chi connectivity index (χ4n) is 3.05. The smallest absolute Gasteiger partial charge is 0.166 e. The van der Waals surface area contributed by atoms with E-state index in [0.29, 0.717) is 11.8 Å². The van der Waals surface area contributed by atoms with Crippen LogP contribution < -0.4 is 4.74 Å². The standard InChI is InChI=1S/C20H22O2/c1-13(2)14-8-10-15(11-9-14)20(21)18-12-17(18)16-6-4-5-7-19(16)22-3/h4-11,13,17-18H,12H2,1-3H3. The molecule has 0 amide bonds. The number of hydrogen-bond donors (Lipinski definition) is 0. The Hall–Kier alpha value is -2.09. The van der Waals surface area contributed by atoms with Gasteiger partial charge in [-0.05, 0) is 35.4 Å². The van der Waals surface area contributed by atoms with Crippen LogP contribution in [-0.4, -0.2) is 12.9 Å². The predicted octanol–water partition coefficient (Wildman–Crippen LogP) is 4.81. The number of hydrogen-bond acceptors (Lipinski definition) is 2. The molecule has 0 spiro atoms. The Kier molecular flexibility index (Phi) is 4.02. The van der Waals surface area contributed by atoms with E-state index in [-0.39, 0.29) is 11.7 Å². The molecular formula is C20H22O2. The molecule has 1 saturated carbocycles. The van der Waals surface area contributed by atoms with Gasteiger partial charge in [-0.1, -0.05) is 56.3 Å². The Morgan fingerprint density at radius 3 is 2.41 bits per heavy atom. The third kappa shape index (κ3) is 2.78. The van der Waals surface area contributed by atoms with Gasteiger partial charge in [0, 0.05) is 11.5 Å². The highest BCUT2D eigenvalue weighted by atomic mass is 16.5. The third-order valence-corrected chi connectivity index (χ3v) is 4.53. The van der Waals surface area contributed by atoms with Gasteiger partial charge in [-0.25, -0.2) is 0 Å². The van der Waals surface area contributed by atoms with Crippen molar-refractivity contribution in [1.82, 2.24) is 0 Å². The molecule has 0 saturated heterocycles. The molecule has 0 N–H and O–H groups in total. The van der Waals surface area contributed by atoms with E-state index in [9.17, 15) is 4.79 Å². The number of carbonyl (C=O) groups excluding carboxylic acids is 1. The molecule has 2 atom stereocenters. The summed E-state index contributed by atoms with van der Waals surface area (Å²) in [6, 6.07) is 16.1. The summed E-state index contributed by atoms with van der Waals surface area (Å²) in [6.45, 7) is 4.32. The van der Waals surface area contributed by atoms with E-state index < -0.39 is 0 Å². The van der Waals surface area contributed by atoms with Gasteiger partial charge in [0.25, 0.3) is 0 Å². The summed E-state index contributed by atoms with van der Waals surface area (Å²) in [6.07, 6.45) is 0.922. The van der Waals surface area contributed by atoms with Gasteiger partial charge < -0.3 is 4.74 Å². The van der Waals surface area contributed by atoms with Crippen molar-refractivity contribution in [2.24, 2.45) is 5.92 Å². The molecule has 0 heterocycles. The van der Waals surface area contributed by atoms with Crippen LogP contribution in [0.15, 0.2) is 48.5 Å². The predicted molar refractivity (Wildman–Crippen MR) is 88.7 cm³/mol. The van der Waals surface area contributed by atoms with Crippen LogP contribution in [0.1, 0.15) is 53.6 Å². The summed E-state index contributed by atoms with van der Waals surface area (Å²) >= 11 is 0. The van der Waals surface area contributed by atoms with Crippen molar-refractivity contribution in [2.45, 2.75) is 32.1 Å². The summed E-state index contributed by atoms with van der Waals surface area (Å²) in [5.74, 6) is 2.03. The quantitative estimate of drug-likeness (QED) is 0.740. The lowest BCUT2D eigenvalue weighted by Crippen LogP contribution is -2.04. The number of methoxy groups -OCH3 is 1. The lowest BCUT2D eigenvalue weighted by Gasteiger charge is -2.08.